The van der Waals surface area contributed by atoms with Gasteiger partial charge in [0.2, 0.25) is 0 Å². The van der Waals surface area contributed by atoms with Crippen molar-refractivity contribution in [3.05, 3.63) is 65.6 Å². The van der Waals surface area contributed by atoms with Gasteiger partial charge in [0.15, 0.2) is 5.69 Å². The topological polar surface area (TPSA) is 87.5 Å². The summed E-state index contributed by atoms with van der Waals surface area (Å²) in [5.74, 6) is -3.32. The summed E-state index contributed by atoms with van der Waals surface area (Å²) in [4.78, 5) is 24.4. The molecule has 1 aliphatic carbocycles. The zero-order valence-corrected chi connectivity index (χ0v) is 19.6. The number of nitrogens with zero attached hydrogens (tertiary/aromatic N) is 3. The molecule has 2 aliphatic rings. The average Bonchev–Trinajstić information content (AvgIpc) is 3.51. The number of carbonyl (C=O) groups excluding carboxylic acids is 1. The Morgan fingerprint density at radius 3 is 2.44 bits per heavy atom. The van der Waals surface area contributed by atoms with Crippen molar-refractivity contribution in [3.63, 3.8) is 0 Å². The molecule has 7 nitrogen and oxygen atoms in total. The van der Waals surface area contributed by atoms with E-state index in [1.54, 1.807) is 17.8 Å². The van der Waals surface area contributed by atoms with Crippen LogP contribution in [-0.4, -0.2) is 56.0 Å². The second-order valence-corrected chi connectivity index (χ2v) is 9.23. The number of aliphatic carboxylic acids is 1. The van der Waals surface area contributed by atoms with E-state index in [2.05, 4.69) is 39.6 Å². The van der Waals surface area contributed by atoms with Crippen molar-refractivity contribution in [1.82, 2.24) is 20.0 Å². The fraction of sp³-hybridized carbons (Fsp3) is 0.400. The van der Waals surface area contributed by atoms with E-state index in [4.69, 9.17) is 9.90 Å². The van der Waals surface area contributed by atoms with E-state index in [1.165, 1.54) is 30.5 Å². The number of amides is 1. The van der Waals surface area contributed by atoms with E-state index in [0.717, 1.165) is 31.4 Å². The summed E-state index contributed by atoms with van der Waals surface area (Å²) >= 11 is 0. The van der Waals surface area contributed by atoms with Gasteiger partial charge >= 0.3 is 12.1 Å². The van der Waals surface area contributed by atoms with Gasteiger partial charge in [-0.05, 0) is 49.4 Å². The molecule has 2 aromatic carbocycles. The molecule has 2 N–H and O–H groups in total. The van der Waals surface area contributed by atoms with Gasteiger partial charge in [-0.25, -0.2) is 9.18 Å². The van der Waals surface area contributed by atoms with E-state index in [1.807, 2.05) is 6.07 Å². The summed E-state index contributed by atoms with van der Waals surface area (Å²) in [5.41, 5.74) is 2.61. The molecule has 1 aromatic heterocycles. The first-order valence-corrected chi connectivity index (χ1v) is 11.5. The first kappa shape index (κ1) is 25.6. The summed E-state index contributed by atoms with van der Waals surface area (Å²) in [6.07, 6.45) is -0.835. The minimum atomic E-state index is -5.08. The van der Waals surface area contributed by atoms with E-state index < -0.39 is 12.1 Å². The smallest absolute Gasteiger partial charge is 0.475 e. The van der Waals surface area contributed by atoms with Crippen molar-refractivity contribution in [2.24, 2.45) is 7.05 Å². The first-order chi connectivity index (χ1) is 17.0. The van der Waals surface area contributed by atoms with Gasteiger partial charge in [0.05, 0.1) is 5.52 Å². The highest BCUT2D eigenvalue weighted by molar-refractivity contribution is 6.05. The second kappa shape index (κ2) is 9.88. The number of likely N-dealkylation sites (tertiary alicyclic amines) is 1. The fourth-order valence-corrected chi connectivity index (χ4v) is 4.74. The molecule has 3 aromatic rings. The molecule has 1 atom stereocenters. The fourth-order valence-electron chi connectivity index (χ4n) is 4.74. The Morgan fingerprint density at radius 1 is 1.17 bits per heavy atom. The number of hydrogen-bond acceptors (Lipinski definition) is 4. The van der Waals surface area contributed by atoms with E-state index >= 15 is 0 Å². The van der Waals surface area contributed by atoms with Crippen LogP contribution in [0.4, 0.5) is 17.6 Å². The number of fused-ring (bicyclic) bond motifs is 1. The number of carbonyl (C=O) groups is 2. The Morgan fingerprint density at radius 2 is 1.83 bits per heavy atom. The molecule has 192 valence electrons. The molecule has 0 radical (unpaired) electrons. The maximum Gasteiger partial charge on any atom is 0.490 e. The third-order valence-corrected chi connectivity index (χ3v) is 6.69. The lowest BCUT2D eigenvalue weighted by atomic mass is 9.94. The quantitative estimate of drug-likeness (QED) is 0.516. The number of alkyl halides is 3. The highest BCUT2D eigenvalue weighted by Crippen LogP contribution is 2.49. The molecule has 1 unspecified atom stereocenters. The van der Waals surface area contributed by atoms with Crippen LogP contribution in [0.25, 0.3) is 10.9 Å². The first-order valence-electron chi connectivity index (χ1n) is 11.5. The molecule has 1 saturated carbocycles. The van der Waals surface area contributed by atoms with Crippen molar-refractivity contribution in [2.45, 2.75) is 50.0 Å². The van der Waals surface area contributed by atoms with Crippen molar-refractivity contribution in [1.29, 1.82) is 0 Å². The molecule has 2 fully saturated rings. The number of nitrogens with one attached hydrogen (secondary N) is 1. The van der Waals surface area contributed by atoms with E-state index in [-0.39, 0.29) is 23.3 Å². The van der Waals surface area contributed by atoms with Crippen LogP contribution in [0, 0.1) is 5.82 Å². The predicted octanol–water partition coefficient (Wildman–Crippen LogP) is 4.27. The molecular formula is C25H26F4N4O3. The summed E-state index contributed by atoms with van der Waals surface area (Å²) in [5, 5.41) is 15.2. The van der Waals surface area contributed by atoms with E-state index in [9.17, 15) is 22.4 Å². The standard InChI is InChI=1S/C23H25FN4O.C2HF3O2/c1-27-20-8-7-17(24)13-19(20)21(26-27)22(29)25-18-9-12-28(23(14-18)10-11-23)15-16-5-3-2-4-6-16;3-2(4,5)1(6)7/h2-8,13,18H,9-12,14-15H2,1H3,(H,25,29);(H,6,7). The van der Waals surface area contributed by atoms with Gasteiger partial charge < -0.3 is 10.4 Å². The number of hydrogen-bond donors (Lipinski definition) is 2. The van der Waals surface area contributed by atoms with Crippen molar-refractivity contribution in [2.75, 3.05) is 6.54 Å². The zero-order valence-electron chi connectivity index (χ0n) is 19.6. The minimum Gasteiger partial charge on any atom is -0.475 e. The molecule has 2 heterocycles. The van der Waals surface area contributed by atoms with Crippen LogP contribution in [-0.2, 0) is 18.4 Å². The highest BCUT2D eigenvalue weighted by atomic mass is 19.4. The van der Waals surface area contributed by atoms with Crippen LogP contribution < -0.4 is 5.32 Å². The molecule has 5 rings (SSSR count). The largest absolute Gasteiger partial charge is 0.490 e. The van der Waals surface area contributed by atoms with E-state index in [0.29, 0.717) is 11.1 Å². The predicted molar refractivity (Wildman–Crippen MR) is 124 cm³/mol. The Hall–Kier alpha value is -3.47. The molecule has 1 amide bonds. The second-order valence-electron chi connectivity index (χ2n) is 9.23. The van der Waals surface area contributed by atoms with Crippen LogP contribution in [0.3, 0.4) is 0 Å². The number of piperidine rings is 1. The van der Waals surface area contributed by atoms with Crippen molar-refractivity contribution in [3.8, 4) is 0 Å². The number of carboxylic acid groups (broad SMARTS) is 1. The Labute approximate surface area is 204 Å². The minimum absolute atomic E-state index is 0.127. The molecule has 1 saturated heterocycles. The highest BCUT2D eigenvalue weighted by Gasteiger charge is 2.51. The number of rotatable bonds is 4. The van der Waals surface area contributed by atoms with Gasteiger partial charge in [0, 0.05) is 37.1 Å². The summed E-state index contributed by atoms with van der Waals surface area (Å²) in [6, 6.07) is 15.1. The molecule has 1 spiro atoms. The lowest BCUT2D eigenvalue weighted by Crippen LogP contribution is -2.51. The lowest BCUT2D eigenvalue weighted by molar-refractivity contribution is -0.192. The van der Waals surface area contributed by atoms with Crippen LogP contribution in [0.15, 0.2) is 48.5 Å². The monoisotopic (exact) mass is 506 g/mol. The van der Waals surface area contributed by atoms with Crippen LogP contribution >= 0.6 is 0 Å². The van der Waals surface area contributed by atoms with Gasteiger partial charge in [-0.2, -0.15) is 18.3 Å². The summed E-state index contributed by atoms with van der Waals surface area (Å²) in [7, 11) is 1.78. The maximum absolute atomic E-state index is 13.7. The number of benzene rings is 2. The third-order valence-electron chi connectivity index (χ3n) is 6.69. The van der Waals surface area contributed by atoms with Crippen LogP contribution in [0.5, 0.6) is 0 Å². The molecule has 1 aliphatic heterocycles. The number of halogens is 4. The summed E-state index contributed by atoms with van der Waals surface area (Å²) < 4.78 is 47.1. The molecule has 11 heteroatoms. The number of carboxylic acids is 1. The van der Waals surface area contributed by atoms with Gasteiger partial charge in [0.1, 0.15) is 5.82 Å². The van der Waals surface area contributed by atoms with Crippen molar-refractivity contribution >= 4 is 22.8 Å². The van der Waals surface area contributed by atoms with Gasteiger partial charge in [-0.1, -0.05) is 30.3 Å². The lowest BCUT2D eigenvalue weighted by Gasteiger charge is -2.40. The number of aromatic nitrogens is 2. The van der Waals surface area contributed by atoms with Crippen molar-refractivity contribution < 1.29 is 32.3 Å². The Kier molecular flexibility index (Phi) is 7.03. The normalized spacial score (nSPS) is 19.0. The zero-order chi connectivity index (χ0) is 26.1. The average molecular weight is 507 g/mol. The van der Waals surface area contributed by atoms with Gasteiger partial charge in [-0.3, -0.25) is 14.4 Å². The molecule has 0 bridgehead atoms. The molecule has 36 heavy (non-hydrogen) atoms. The van der Waals surface area contributed by atoms with Crippen LogP contribution in [0.2, 0.25) is 0 Å². The SMILES string of the molecule is Cn1nc(C(=O)NC2CCN(Cc3ccccc3)C3(CC3)C2)c2cc(F)ccc21.O=C(O)C(F)(F)F. The summed E-state index contributed by atoms with van der Waals surface area (Å²) in [6.45, 7) is 1.93. The Bertz CT molecular complexity index is 1260. The van der Waals surface area contributed by atoms with Crippen LogP contribution in [0.1, 0.15) is 41.7 Å². The van der Waals surface area contributed by atoms with Gasteiger partial charge in [-0.15, -0.1) is 0 Å². The maximum atomic E-state index is 13.7. The third kappa shape index (κ3) is 5.67. The molecular weight excluding hydrogens is 480 g/mol. The number of aryl methyl sites for hydroxylation is 1. The Balaban J connectivity index is 0.000000384. The van der Waals surface area contributed by atoms with Gasteiger partial charge in [0.25, 0.3) is 5.91 Å².